The molecule has 3 rings (SSSR count). The van der Waals surface area contributed by atoms with Crippen LogP contribution in [0.3, 0.4) is 0 Å². The molecule has 2 N–H and O–H groups in total. The molecule has 1 aromatic carbocycles. The molecule has 110 valence electrons. The Balaban J connectivity index is 2.36. The standard InChI is InChI=1S/C15H13N5O2/c1-19-7-9-4-3-5-11(13(9)18-19)20-8-10(6-16)12(17)14(20)15(21)22-2/h3-5,7-8H,17H2,1-2H3. The first-order valence-electron chi connectivity index (χ1n) is 6.48. The summed E-state index contributed by atoms with van der Waals surface area (Å²) in [7, 11) is 3.09. The highest BCUT2D eigenvalue weighted by Gasteiger charge is 2.23. The minimum absolute atomic E-state index is 0.0993. The molecule has 22 heavy (non-hydrogen) atoms. The van der Waals surface area contributed by atoms with Crippen LogP contribution in [0.15, 0.2) is 30.6 Å². The quantitative estimate of drug-likeness (QED) is 0.724. The second-order valence-electron chi connectivity index (χ2n) is 4.80. The molecule has 0 atom stereocenters. The number of aryl methyl sites for hydroxylation is 1. The highest BCUT2D eigenvalue weighted by molar-refractivity contribution is 5.97. The summed E-state index contributed by atoms with van der Waals surface area (Å²) in [6.07, 6.45) is 3.39. The molecule has 0 aliphatic rings. The molecule has 0 aliphatic carbocycles. The second kappa shape index (κ2) is 4.93. The van der Waals surface area contributed by atoms with E-state index >= 15 is 0 Å². The number of anilines is 1. The summed E-state index contributed by atoms with van der Waals surface area (Å²) in [4.78, 5) is 12.0. The molecule has 0 bridgehead atoms. The van der Waals surface area contributed by atoms with E-state index < -0.39 is 5.97 Å². The van der Waals surface area contributed by atoms with Gasteiger partial charge in [-0.3, -0.25) is 4.68 Å². The van der Waals surface area contributed by atoms with Crippen LogP contribution >= 0.6 is 0 Å². The minimum Gasteiger partial charge on any atom is -0.464 e. The van der Waals surface area contributed by atoms with Gasteiger partial charge in [-0.15, -0.1) is 0 Å². The van der Waals surface area contributed by atoms with Crippen molar-refractivity contribution in [3.63, 3.8) is 0 Å². The average Bonchev–Trinajstić information content (AvgIpc) is 3.05. The number of hydrogen-bond acceptors (Lipinski definition) is 5. The predicted molar refractivity (Wildman–Crippen MR) is 80.5 cm³/mol. The molecule has 0 fully saturated rings. The number of aromatic nitrogens is 3. The highest BCUT2D eigenvalue weighted by Crippen LogP contribution is 2.28. The first-order chi connectivity index (χ1) is 10.6. The average molecular weight is 295 g/mol. The fourth-order valence-corrected chi connectivity index (χ4v) is 2.45. The number of nitrogens with two attached hydrogens (primary N) is 1. The Labute approximate surface area is 126 Å². The number of benzene rings is 1. The highest BCUT2D eigenvalue weighted by atomic mass is 16.5. The normalized spacial score (nSPS) is 10.6. The van der Waals surface area contributed by atoms with E-state index in [0.717, 1.165) is 5.39 Å². The number of rotatable bonds is 2. The van der Waals surface area contributed by atoms with E-state index in [4.69, 9.17) is 15.7 Å². The van der Waals surface area contributed by atoms with Crippen LogP contribution in [0.4, 0.5) is 5.69 Å². The molecule has 2 heterocycles. The number of methoxy groups -OCH3 is 1. The number of nitrogen functional groups attached to an aromatic ring is 1. The number of hydrogen-bond donors (Lipinski definition) is 1. The molecule has 2 aromatic heterocycles. The van der Waals surface area contributed by atoms with Crippen molar-refractivity contribution in [2.45, 2.75) is 0 Å². The third-order valence-corrected chi connectivity index (χ3v) is 3.43. The zero-order valence-electron chi connectivity index (χ0n) is 12.1. The van der Waals surface area contributed by atoms with Crippen molar-refractivity contribution < 1.29 is 9.53 Å². The van der Waals surface area contributed by atoms with Gasteiger partial charge < -0.3 is 15.0 Å². The first-order valence-corrected chi connectivity index (χ1v) is 6.48. The van der Waals surface area contributed by atoms with Crippen molar-refractivity contribution in [2.24, 2.45) is 7.05 Å². The van der Waals surface area contributed by atoms with Crippen LogP contribution in [0.1, 0.15) is 16.1 Å². The molecule has 0 amide bonds. The Morgan fingerprint density at radius 3 is 2.86 bits per heavy atom. The van der Waals surface area contributed by atoms with E-state index in [9.17, 15) is 4.79 Å². The Kier molecular flexibility index (Phi) is 3.07. The van der Waals surface area contributed by atoms with Crippen molar-refractivity contribution in [3.05, 3.63) is 41.9 Å². The zero-order chi connectivity index (χ0) is 15.9. The van der Waals surface area contributed by atoms with Gasteiger partial charge >= 0.3 is 5.97 Å². The van der Waals surface area contributed by atoms with Gasteiger partial charge in [-0.25, -0.2) is 4.79 Å². The first kappa shape index (κ1) is 13.7. The number of nitrogens with zero attached hydrogens (tertiary/aromatic N) is 4. The van der Waals surface area contributed by atoms with Gasteiger partial charge in [0, 0.05) is 24.8 Å². The minimum atomic E-state index is -0.605. The molecule has 0 aliphatic heterocycles. The van der Waals surface area contributed by atoms with Crippen LogP contribution in [-0.2, 0) is 11.8 Å². The van der Waals surface area contributed by atoms with Crippen LogP contribution in [0.25, 0.3) is 16.6 Å². The topological polar surface area (TPSA) is 98.9 Å². The maximum Gasteiger partial charge on any atom is 0.357 e. The Morgan fingerprint density at radius 1 is 1.41 bits per heavy atom. The van der Waals surface area contributed by atoms with Gasteiger partial charge in [-0.2, -0.15) is 10.4 Å². The Bertz CT molecular complexity index is 929. The molecular formula is C15H13N5O2. The van der Waals surface area contributed by atoms with Crippen LogP contribution in [0, 0.1) is 11.3 Å². The second-order valence-corrected chi connectivity index (χ2v) is 4.80. The number of carbonyl (C=O) groups is 1. The van der Waals surface area contributed by atoms with Gasteiger partial charge in [0.25, 0.3) is 0 Å². The van der Waals surface area contributed by atoms with E-state index in [1.807, 2.05) is 37.5 Å². The van der Waals surface area contributed by atoms with Gasteiger partial charge in [0.15, 0.2) is 5.69 Å². The van der Waals surface area contributed by atoms with Crippen LogP contribution < -0.4 is 5.73 Å². The summed E-state index contributed by atoms with van der Waals surface area (Å²) >= 11 is 0. The molecule has 3 aromatic rings. The van der Waals surface area contributed by atoms with Crippen molar-refractivity contribution in [1.82, 2.24) is 14.3 Å². The number of carbonyl (C=O) groups excluding carboxylic acids is 1. The summed E-state index contributed by atoms with van der Waals surface area (Å²) in [5, 5.41) is 14.5. The molecule has 7 heteroatoms. The number of fused-ring (bicyclic) bond motifs is 1. The number of esters is 1. The van der Waals surface area contributed by atoms with Gasteiger partial charge in [-0.05, 0) is 6.07 Å². The Hall–Kier alpha value is -3.27. The van der Waals surface area contributed by atoms with Crippen molar-refractivity contribution in [2.75, 3.05) is 12.8 Å². The van der Waals surface area contributed by atoms with E-state index in [-0.39, 0.29) is 16.9 Å². The lowest BCUT2D eigenvalue weighted by molar-refractivity contribution is 0.0593. The lowest BCUT2D eigenvalue weighted by Gasteiger charge is -2.08. The van der Waals surface area contributed by atoms with Crippen molar-refractivity contribution >= 4 is 22.6 Å². The fraction of sp³-hybridized carbons (Fsp3) is 0.133. The Morgan fingerprint density at radius 2 is 2.18 bits per heavy atom. The summed E-state index contributed by atoms with van der Waals surface area (Å²) in [6, 6.07) is 7.55. The lowest BCUT2D eigenvalue weighted by atomic mass is 10.2. The smallest absolute Gasteiger partial charge is 0.357 e. The van der Waals surface area contributed by atoms with E-state index in [1.165, 1.54) is 13.3 Å². The maximum atomic E-state index is 12.0. The lowest BCUT2D eigenvalue weighted by Crippen LogP contribution is -2.11. The number of ether oxygens (including phenoxy) is 1. The molecule has 0 unspecified atom stereocenters. The van der Waals surface area contributed by atoms with Crippen LogP contribution in [0.5, 0.6) is 0 Å². The molecule has 0 spiro atoms. The van der Waals surface area contributed by atoms with E-state index in [1.54, 1.807) is 9.25 Å². The van der Waals surface area contributed by atoms with E-state index in [2.05, 4.69) is 5.10 Å². The number of nitriles is 1. The zero-order valence-corrected chi connectivity index (χ0v) is 12.1. The fourth-order valence-electron chi connectivity index (χ4n) is 2.45. The van der Waals surface area contributed by atoms with Crippen LogP contribution in [0.2, 0.25) is 0 Å². The molecule has 0 radical (unpaired) electrons. The van der Waals surface area contributed by atoms with E-state index in [0.29, 0.717) is 11.2 Å². The SMILES string of the molecule is COC(=O)c1c(N)c(C#N)cn1-c1cccc2cn(C)nc12. The molecule has 7 nitrogen and oxygen atoms in total. The third-order valence-electron chi connectivity index (χ3n) is 3.43. The summed E-state index contributed by atoms with van der Waals surface area (Å²) < 4.78 is 8.01. The van der Waals surface area contributed by atoms with Gasteiger partial charge in [0.1, 0.15) is 11.6 Å². The summed E-state index contributed by atoms with van der Waals surface area (Å²) in [5.41, 5.74) is 7.71. The molecule has 0 saturated carbocycles. The summed E-state index contributed by atoms with van der Waals surface area (Å²) in [6.45, 7) is 0. The van der Waals surface area contributed by atoms with Crippen molar-refractivity contribution in [3.8, 4) is 11.8 Å². The molecule has 0 saturated heterocycles. The largest absolute Gasteiger partial charge is 0.464 e. The van der Waals surface area contributed by atoms with Crippen molar-refractivity contribution in [1.29, 1.82) is 5.26 Å². The predicted octanol–water partition coefficient (Wildman–Crippen LogP) is 1.60. The summed E-state index contributed by atoms with van der Waals surface area (Å²) in [5.74, 6) is -0.605. The van der Waals surface area contributed by atoms with Gasteiger partial charge in [-0.1, -0.05) is 12.1 Å². The maximum absolute atomic E-state index is 12.0. The van der Waals surface area contributed by atoms with Gasteiger partial charge in [0.2, 0.25) is 0 Å². The monoisotopic (exact) mass is 295 g/mol. The third kappa shape index (κ3) is 1.90. The van der Waals surface area contributed by atoms with Crippen LogP contribution in [-0.4, -0.2) is 27.4 Å². The van der Waals surface area contributed by atoms with Gasteiger partial charge in [0.05, 0.1) is 24.0 Å². The molecular weight excluding hydrogens is 282 g/mol.